The molecular formula is C46H28N2O. The molecule has 228 valence electrons. The van der Waals surface area contributed by atoms with Crippen molar-refractivity contribution in [3.05, 3.63) is 170 Å². The molecule has 11 rings (SSSR count). The Morgan fingerprint density at radius 1 is 0.367 bits per heavy atom. The first-order valence-electron chi connectivity index (χ1n) is 16.8. The van der Waals surface area contributed by atoms with Gasteiger partial charge < -0.3 is 13.6 Å². The third-order valence-electron chi connectivity index (χ3n) is 10.3. The fourth-order valence-electron chi connectivity index (χ4n) is 8.15. The van der Waals surface area contributed by atoms with E-state index in [4.69, 9.17) is 4.42 Å². The Labute approximate surface area is 281 Å². The van der Waals surface area contributed by atoms with Crippen LogP contribution in [0.1, 0.15) is 0 Å². The molecule has 49 heavy (non-hydrogen) atoms. The lowest BCUT2D eigenvalue weighted by atomic mass is 10.0. The van der Waals surface area contributed by atoms with E-state index < -0.39 is 0 Å². The van der Waals surface area contributed by atoms with Crippen molar-refractivity contribution in [2.75, 3.05) is 0 Å². The molecule has 0 N–H and O–H groups in total. The Balaban J connectivity index is 1.25. The first kappa shape index (κ1) is 26.5. The van der Waals surface area contributed by atoms with Crippen LogP contribution in [0.5, 0.6) is 0 Å². The largest absolute Gasteiger partial charge is 0.456 e. The Bertz CT molecular complexity index is 3090. The molecule has 0 saturated carbocycles. The van der Waals surface area contributed by atoms with Gasteiger partial charge in [0.05, 0.1) is 33.1 Å². The van der Waals surface area contributed by atoms with Crippen molar-refractivity contribution < 1.29 is 4.42 Å². The molecule has 3 aromatic heterocycles. The van der Waals surface area contributed by atoms with Crippen LogP contribution in [0, 0.1) is 0 Å². The highest BCUT2D eigenvalue weighted by molar-refractivity contribution is 6.27. The molecule has 3 heteroatoms. The lowest BCUT2D eigenvalue weighted by Gasteiger charge is -2.11. The van der Waals surface area contributed by atoms with E-state index in [0.29, 0.717) is 0 Å². The molecule has 0 aliphatic heterocycles. The van der Waals surface area contributed by atoms with Crippen molar-refractivity contribution in [2.45, 2.75) is 0 Å². The van der Waals surface area contributed by atoms with E-state index in [1.807, 2.05) is 0 Å². The molecule has 0 fully saturated rings. The predicted octanol–water partition coefficient (Wildman–Crippen LogP) is 12.6. The molecular weight excluding hydrogens is 597 g/mol. The van der Waals surface area contributed by atoms with Gasteiger partial charge in [-0.2, -0.15) is 0 Å². The molecule has 0 bridgehead atoms. The molecule has 11 aromatic rings. The average Bonchev–Trinajstić information content (AvgIpc) is 3.81. The zero-order valence-corrected chi connectivity index (χ0v) is 26.5. The van der Waals surface area contributed by atoms with Gasteiger partial charge in [-0.1, -0.05) is 115 Å². The van der Waals surface area contributed by atoms with E-state index >= 15 is 0 Å². The highest BCUT2D eigenvalue weighted by Gasteiger charge is 2.22. The Hall–Kier alpha value is -6.58. The van der Waals surface area contributed by atoms with Gasteiger partial charge in [0.15, 0.2) is 0 Å². The minimum atomic E-state index is 0.891. The summed E-state index contributed by atoms with van der Waals surface area (Å²) in [4.78, 5) is 0. The number of hydrogen-bond donors (Lipinski definition) is 0. The maximum atomic E-state index is 6.53. The molecule has 0 radical (unpaired) electrons. The van der Waals surface area contributed by atoms with Crippen LogP contribution in [0.2, 0.25) is 0 Å². The number of benzene rings is 8. The van der Waals surface area contributed by atoms with Crippen LogP contribution < -0.4 is 0 Å². The van der Waals surface area contributed by atoms with Gasteiger partial charge in [0.25, 0.3) is 0 Å². The zero-order valence-electron chi connectivity index (χ0n) is 26.5. The third-order valence-corrected chi connectivity index (χ3v) is 10.3. The van der Waals surface area contributed by atoms with Crippen molar-refractivity contribution in [1.29, 1.82) is 0 Å². The maximum absolute atomic E-state index is 6.53. The predicted molar refractivity (Wildman–Crippen MR) is 205 cm³/mol. The second kappa shape index (κ2) is 9.96. The first-order valence-corrected chi connectivity index (χ1v) is 16.8. The number of aromatic nitrogens is 2. The summed E-state index contributed by atoms with van der Waals surface area (Å²) in [6, 6.07) is 61.2. The third kappa shape index (κ3) is 3.73. The molecule has 8 aromatic carbocycles. The van der Waals surface area contributed by atoms with Gasteiger partial charge >= 0.3 is 0 Å². The Morgan fingerprint density at radius 2 is 1.04 bits per heavy atom. The van der Waals surface area contributed by atoms with Crippen LogP contribution >= 0.6 is 0 Å². The Kier molecular flexibility index (Phi) is 5.38. The monoisotopic (exact) mass is 624 g/mol. The lowest BCUT2D eigenvalue weighted by molar-refractivity contribution is 0.669. The summed E-state index contributed by atoms with van der Waals surface area (Å²) in [5, 5.41) is 9.61. The first-order chi connectivity index (χ1) is 24.3. The van der Waals surface area contributed by atoms with Crippen LogP contribution in [0.4, 0.5) is 0 Å². The van der Waals surface area contributed by atoms with Gasteiger partial charge in [0.1, 0.15) is 11.2 Å². The van der Waals surface area contributed by atoms with Crippen LogP contribution in [-0.4, -0.2) is 9.13 Å². The summed E-state index contributed by atoms with van der Waals surface area (Å²) in [7, 11) is 0. The molecule has 0 aliphatic rings. The fraction of sp³-hybridized carbons (Fsp3) is 0. The number of rotatable bonds is 3. The summed E-state index contributed by atoms with van der Waals surface area (Å²) in [6.45, 7) is 0. The number of nitrogens with zero attached hydrogens (tertiary/aromatic N) is 2. The molecule has 0 saturated heterocycles. The van der Waals surface area contributed by atoms with Gasteiger partial charge in [-0.25, -0.2) is 0 Å². The van der Waals surface area contributed by atoms with Crippen molar-refractivity contribution in [3.63, 3.8) is 0 Å². The second-order valence-electron chi connectivity index (χ2n) is 12.9. The molecule has 0 spiro atoms. The van der Waals surface area contributed by atoms with Crippen LogP contribution in [0.3, 0.4) is 0 Å². The summed E-state index contributed by atoms with van der Waals surface area (Å²) in [5.41, 5.74) is 11.2. The van der Waals surface area contributed by atoms with Gasteiger partial charge in [-0.15, -0.1) is 0 Å². The van der Waals surface area contributed by atoms with Crippen molar-refractivity contribution in [1.82, 2.24) is 9.13 Å². The van der Waals surface area contributed by atoms with E-state index in [9.17, 15) is 0 Å². The molecule has 3 nitrogen and oxygen atoms in total. The molecule has 0 amide bonds. The van der Waals surface area contributed by atoms with Crippen molar-refractivity contribution in [3.8, 4) is 22.5 Å². The summed E-state index contributed by atoms with van der Waals surface area (Å²) in [5.74, 6) is 0. The highest BCUT2D eigenvalue weighted by Crippen LogP contribution is 2.44. The Morgan fingerprint density at radius 3 is 1.86 bits per heavy atom. The number of para-hydroxylation sites is 2. The van der Waals surface area contributed by atoms with E-state index in [1.165, 1.54) is 65.5 Å². The van der Waals surface area contributed by atoms with Gasteiger partial charge in [-0.3, -0.25) is 0 Å². The minimum Gasteiger partial charge on any atom is -0.456 e. The van der Waals surface area contributed by atoms with E-state index in [-0.39, 0.29) is 0 Å². The molecule has 0 aliphatic carbocycles. The van der Waals surface area contributed by atoms with Gasteiger partial charge in [0, 0.05) is 32.6 Å². The van der Waals surface area contributed by atoms with Crippen LogP contribution in [0.25, 0.3) is 98.8 Å². The lowest BCUT2D eigenvalue weighted by Crippen LogP contribution is -1.96. The van der Waals surface area contributed by atoms with Crippen molar-refractivity contribution >= 4 is 76.3 Å². The number of furan rings is 1. The highest BCUT2D eigenvalue weighted by atomic mass is 16.3. The second-order valence-corrected chi connectivity index (χ2v) is 12.9. The normalized spacial score (nSPS) is 12.1. The molecule has 3 heterocycles. The summed E-state index contributed by atoms with van der Waals surface area (Å²) < 4.78 is 11.4. The standard InChI is InChI=1S/C46H28N2O/c1-2-11-29(12-3-1)30-21-23-33(24-22-30)47-38-17-8-6-15-34(38)35-25-26-41-45(46(35)47)36-16-7-9-18-39(36)48(41)40-19-10-20-42-44(40)37-27-31-13-4-5-14-32(31)28-43(37)49-42/h1-28H. The SMILES string of the molecule is c1ccc(-c2ccc(-n3c4ccccc4c4ccc5c(c6ccccc6n5-c5cccc6oc7cc8ccccc8cc7c56)c43)cc2)cc1. The average molecular weight is 625 g/mol. The molecule has 0 atom stereocenters. The van der Waals surface area contributed by atoms with Crippen LogP contribution in [-0.2, 0) is 0 Å². The zero-order chi connectivity index (χ0) is 32.1. The topological polar surface area (TPSA) is 23.0 Å². The molecule has 0 unspecified atom stereocenters. The fourth-order valence-corrected chi connectivity index (χ4v) is 8.15. The number of hydrogen-bond acceptors (Lipinski definition) is 1. The number of fused-ring (bicyclic) bond motifs is 11. The van der Waals surface area contributed by atoms with Crippen LogP contribution in [0.15, 0.2) is 174 Å². The quantitative estimate of drug-likeness (QED) is 0.192. The maximum Gasteiger partial charge on any atom is 0.137 e. The van der Waals surface area contributed by atoms with E-state index in [1.54, 1.807) is 0 Å². The van der Waals surface area contributed by atoms with Gasteiger partial charge in [-0.05, 0) is 76.5 Å². The summed E-state index contributed by atoms with van der Waals surface area (Å²) >= 11 is 0. The van der Waals surface area contributed by atoms with Gasteiger partial charge in [0.2, 0.25) is 0 Å². The van der Waals surface area contributed by atoms with E-state index in [0.717, 1.165) is 33.3 Å². The minimum absolute atomic E-state index is 0.891. The van der Waals surface area contributed by atoms with E-state index in [2.05, 4.69) is 179 Å². The summed E-state index contributed by atoms with van der Waals surface area (Å²) in [6.07, 6.45) is 0. The van der Waals surface area contributed by atoms with Crippen molar-refractivity contribution in [2.24, 2.45) is 0 Å². The smallest absolute Gasteiger partial charge is 0.137 e.